The number of carbonyl (C=O) groups is 3. The Morgan fingerprint density at radius 2 is 2.11 bits per heavy atom. The maximum absolute atomic E-state index is 12.0. The third-order valence-electron chi connectivity index (χ3n) is 3.22. The standard InChI is InChI=1S/C13H10N2O4/c1-19-13(18)6-2-4-15-10-8(6)9-7(3-5-14-9)11(16)12(10)17/h2-3,15H,4-5H2,1H3. The second-order valence-corrected chi connectivity index (χ2v) is 4.21. The van der Waals surface area contributed by atoms with Crippen LogP contribution in [0.25, 0.3) is 0 Å². The molecule has 0 fully saturated rings. The first-order valence-corrected chi connectivity index (χ1v) is 5.76. The second-order valence-electron chi connectivity index (χ2n) is 4.21. The van der Waals surface area contributed by atoms with E-state index < -0.39 is 17.5 Å². The van der Waals surface area contributed by atoms with E-state index in [1.54, 1.807) is 12.2 Å². The van der Waals surface area contributed by atoms with Crippen molar-refractivity contribution in [3.8, 4) is 0 Å². The predicted molar refractivity (Wildman–Crippen MR) is 65.5 cm³/mol. The molecule has 6 heteroatoms. The Morgan fingerprint density at radius 3 is 2.84 bits per heavy atom. The van der Waals surface area contributed by atoms with Crippen LogP contribution in [0, 0.1) is 0 Å². The molecule has 0 saturated carbocycles. The fourth-order valence-electron chi connectivity index (χ4n) is 2.38. The highest BCUT2D eigenvalue weighted by Crippen LogP contribution is 2.31. The molecule has 96 valence electrons. The minimum absolute atomic E-state index is 0.144. The Labute approximate surface area is 108 Å². The van der Waals surface area contributed by atoms with Crippen LogP contribution in [0.15, 0.2) is 39.6 Å². The molecule has 0 saturated heterocycles. The van der Waals surface area contributed by atoms with Gasteiger partial charge in [0.15, 0.2) is 0 Å². The van der Waals surface area contributed by atoms with Gasteiger partial charge in [-0.2, -0.15) is 0 Å². The molecule has 6 nitrogen and oxygen atoms in total. The van der Waals surface area contributed by atoms with Crippen molar-refractivity contribution < 1.29 is 19.1 Å². The lowest BCUT2D eigenvalue weighted by atomic mass is 9.83. The Kier molecular flexibility index (Phi) is 2.45. The van der Waals surface area contributed by atoms with Gasteiger partial charge in [0.05, 0.1) is 30.6 Å². The summed E-state index contributed by atoms with van der Waals surface area (Å²) in [5.74, 6) is -1.74. The van der Waals surface area contributed by atoms with E-state index in [9.17, 15) is 14.4 Å². The molecule has 1 aliphatic carbocycles. The lowest BCUT2D eigenvalue weighted by Gasteiger charge is -2.25. The van der Waals surface area contributed by atoms with Gasteiger partial charge in [-0.25, -0.2) is 4.79 Å². The quantitative estimate of drug-likeness (QED) is 0.505. The molecule has 0 aromatic heterocycles. The highest BCUT2D eigenvalue weighted by molar-refractivity contribution is 6.60. The number of carbonyl (C=O) groups excluding carboxylic acids is 3. The minimum Gasteiger partial charge on any atom is -0.465 e. The summed E-state index contributed by atoms with van der Waals surface area (Å²) in [6.07, 6.45) is 3.23. The van der Waals surface area contributed by atoms with Crippen LogP contribution in [0.1, 0.15) is 0 Å². The van der Waals surface area contributed by atoms with Crippen molar-refractivity contribution in [3.63, 3.8) is 0 Å². The van der Waals surface area contributed by atoms with Crippen molar-refractivity contribution in [2.45, 2.75) is 0 Å². The number of ether oxygens (including phenoxy) is 1. The fourth-order valence-corrected chi connectivity index (χ4v) is 2.38. The molecule has 3 rings (SSSR count). The van der Waals surface area contributed by atoms with Crippen LogP contribution >= 0.6 is 0 Å². The van der Waals surface area contributed by atoms with E-state index in [0.717, 1.165) is 0 Å². The fraction of sp³-hybridized carbons (Fsp3) is 0.231. The van der Waals surface area contributed by atoms with Crippen LogP contribution in [0.5, 0.6) is 0 Å². The van der Waals surface area contributed by atoms with Gasteiger partial charge in [0.1, 0.15) is 0 Å². The van der Waals surface area contributed by atoms with E-state index in [1.165, 1.54) is 7.11 Å². The van der Waals surface area contributed by atoms with Crippen LogP contribution in [0.2, 0.25) is 0 Å². The van der Waals surface area contributed by atoms with E-state index >= 15 is 0 Å². The monoisotopic (exact) mass is 258 g/mol. The summed E-state index contributed by atoms with van der Waals surface area (Å²) in [5, 5.41) is 2.84. The maximum atomic E-state index is 12.0. The van der Waals surface area contributed by atoms with Crippen molar-refractivity contribution in [1.82, 2.24) is 5.32 Å². The molecule has 0 bridgehead atoms. The van der Waals surface area contributed by atoms with Gasteiger partial charge in [0.25, 0.3) is 0 Å². The van der Waals surface area contributed by atoms with E-state index in [2.05, 4.69) is 10.3 Å². The molecule has 0 atom stereocenters. The topological polar surface area (TPSA) is 84.8 Å². The van der Waals surface area contributed by atoms with Gasteiger partial charge in [0, 0.05) is 17.7 Å². The first-order valence-electron chi connectivity index (χ1n) is 5.76. The van der Waals surface area contributed by atoms with E-state index in [1.807, 2.05) is 0 Å². The van der Waals surface area contributed by atoms with Crippen LogP contribution in [0.4, 0.5) is 0 Å². The number of hydrogen-bond acceptors (Lipinski definition) is 6. The lowest BCUT2D eigenvalue weighted by molar-refractivity contribution is -0.135. The molecule has 1 N–H and O–H groups in total. The molecule has 19 heavy (non-hydrogen) atoms. The highest BCUT2D eigenvalue weighted by Gasteiger charge is 2.41. The second kappa shape index (κ2) is 4.01. The molecule has 2 aliphatic heterocycles. The van der Waals surface area contributed by atoms with Gasteiger partial charge in [-0.05, 0) is 6.08 Å². The zero-order chi connectivity index (χ0) is 13.6. The number of methoxy groups -OCH3 is 1. The average molecular weight is 258 g/mol. The van der Waals surface area contributed by atoms with Crippen LogP contribution in [0.3, 0.4) is 0 Å². The van der Waals surface area contributed by atoms with Crippen molar-refractivity contribution in [2.24, 2.45) is 4.99 Å². The minimum atomic E-state index is -0.628. The number of aliphatic imine (C=N–C) groups is 1. The number of esters is 1. The molecular weight excluding hydrogens is 248 g/mol. The number of Topliss-reactive ketones (excluding diaryl/α,β-unsaturated/α-hetero) is 2. The number of rotatable bonds is 1. The SMILES string of the molecule is COC(=O)C1=CCNC2=C1C1=NCC=C1C(=O)C2=O. The molecule has 3 aliphatic rings. The third kappa shape index (κ3) is 1.49. The van der Waals surface area contributed by atoms with Crippen LogP contribution in [-0.2, 0) is 19.1 Å². The number of allylic oxidation sites excluding steroid dienone is 2. The molecule has 0 spiro atoms. The molecule has 0 aromatic rings. The summed E-state index contributed by atoms with van der Waals surface area (Å²) < 4.78 is 4.71. The Hall–Kier alpha value is -2.50. The van der Waals surface area contributed by atoms with Crippen molar-refractivity contribution in [1.29, 1.82) is 0 Å². The van der Waals surface area contributed by atoms with Gasteiger partial charge in [-0.3, -0.25) is 14.6 Å². The molecule has 0 amide bonds. The van der Waals surface area contributed by atoms with Gasteiger partial charge in [0.2, 0.25) is 11.6 Å². The summed E-state index contributed by atoms with van der Waals surface area (Å²) in [5.41, 5.74) is 1.49. The summed E-state index contributed by atoms with van der Waals surface area (Å²) in [6.45, 7) is 0.642. The van der Waals surface area contributed by atoms with Crippen molar-refractivity contribution >= 4 is 23.2 Å². The van der Waals surface area contributed by atoms with E-state index in [-0.39, 0.29) is 16.8 Å². The normalized spacial score (nSPS) is 21.0. The third-order valence-corrected chi connectivity index (χ3v) is 3.22. The first-order chi connectivity index (χ1) is 9.15. The number of fused-ring (bicyclic) bond motifs is 2. The number of nitrogens with one attached hydrogen (secondary N) is 1. The van der Waals surface area contributed by atoms with E-state index in [0.29, 0.717) is 24.4 Å². The van der Waals surface area contributed by atoms with E-state index in [4.69, 9.17) is 4.74 Å². The predicted octanol–water partition coefficient (Wildman–Crippen LogP) is -0.524. The number of ketones is 2. The average Bonchev–Trinajstić information content (AvgIpc) is 2.92. The van der Waals surface area contributed by atoms with Gasteiger partial charge in [-0.15, -0.1) is 0 Å². The maximum Gasteiger partial charge on any atom is 0.338 e. The zero-order valence-electron chi connectivity index (χ0n) is 10.1. The smallest absolute Gasteiger partial charge is 0.338 e. The number of dihydropyridines is 1. The first kappa shape index (κ1) is 11.6. The molecular formula is C13H10N2O4. The largest absolute Gasteiger partial charge is 0.465 e. The molecule has 0 radical (unpaired) electrons. The summed E-state index contributed by atoms with van der Waals surface area (Å²) >= 11 is 0. The van der Waals surface area contributed by atoms with Gasteiger partial charge >= 0.3 is 5.97 Å². The van der Waals surface area contributed by atoms with Crippen molar-refractivity contribution in [3.05, 3.63) is 34.6 Å². The summed E-state index contributed by atoms with van der Waals surface area (Å²) in [7, 11) is 1.27. The molecule has 2 heterocycles. The lowest BCUT2D eigenvalue weighted by Crippen LogP contribution is -2.40. The summed E-state index contributed by atoms with van der Waals surface area (Å²) in [4.78, 5) is 39.9. The summed E-state index contributed by atoms with van der Waals surface area (Å²) in [6, 6.07) is 0. The Bertz CT molecular complexity index is 650. The Balaban J connectivity index is 2.21. The molecule has 0 unspecified atom stereocenters. The van der Waals surface area contributed by atoms with Gasteiger partial charge < -0.3 is 10.1 Å². The van der Waals surface area contributed by atoms with Crippen LogP contribution < -0.4 is 5.32 Å². The Morgan fingerprint density at radius 1 is 1.32 bits per heavy atom. The number of nitrogens with zero attached hydrogens (tertiary/aromatic N) is 1. The van der Waals surface area contributed by atoms with Gasteiger partial charge in [-0.1, -0.05) is 6.08 Å². The number of hydrogen-bond donors (Lipinski definition) is 1. The zero-order valence-corrected chi connectivity index (χ0v) is 10.1. The van der Waals surface area contributed by atoms with Crippen molar-refractivity contribution in [2.75, 3.05) is 20.2 Å². The van der Waals surface area contributed by atoms with Crippen LogP contribution in [-0.4, -0.2) is 43.4 Å². The molecule has 0 aromatic carbocycles. The highest BCUT2D eigenvalue weighted by atomic mass is 16.5.